The molecule has 2 atom stereocenters. The van der Waals surface area contributed by atoms with Gasteiger partial charge in [0.1, 0.15) is 12.3 Å². The summed E-state index contributed by atoms with van der Waals surface area (Å²) in [7, 11) is 1.45. The second kappa shape index (κ2) is 7.61. The number of carbonyl (C=O) groups excluding carboxylic acids is 4. The SMILES string of the molecule is COc1ccc(NC(C)=O)cc1NC(=O)CN1C(=O)[C@H]2CC=CC[C@@H]2C1=O. The van der Waals surface area contributed by atoms with Crippen LogP contribution in [0.3, 0.4) is 0 Å². The summed E-state index contributed by atoms with van der Waals surface area (Å²) < 4.78 is 5.21. The number of ether oxygens (including phenoxy) is 1. The minimum atomic E-state index is -0.512. The minimum Gasteiger partial charge on any atom is -0.495 e. The number of amides is 4. The molecule has 8 heteroatoms. The summed E-state index contributed by atoms with van der Waals surface area (Å²) in [4.78, 5) is 49.6. The topological polar surface area (TPSA) is 105 Å². The molecule has 0 radical (unpaired) electrons. The van der Waals surface area contributed by atoms with Gasteiger partial charge < -0.3 is 15.4 Å². The molecule has 4 amide bonds. The highest BCUT2D eigenvalue weighted by atomic mass is 16.5. The van der Waals surface area contributed by atoms with Gasteiger partial charge in [-0.3, -0.25) is 24.1 Å². The molecule has 1 aromatic carbocycles. The van der Waals surface area contributed by atoms with E-state index in [0.717, 1.165) is 4.90 Å². The molecule has 2 aliphatic rings. The molecular weight excluding hydrogens is 350 g/mol. The summed E-state index contributed by atoms with van der Waals surface area (Å²) in [6, 6.07) is 4.80. The summed E-state index contributed by atoms with van der Waals surface area (Å²) in [5, 5.41) is 5.27. The van der Waals surface area contributed by atoms with E-state index < -0.39 is 5.91 Å². The third-order valence-electron chi connectivity index (χ3n) is 4.69. The van der Waals surface area contributed by atoms with E-state index >= 15 is 0 Å². The van der Waals surface area contributed by atoms with Crippen molar-refractivity contribution in [2.24, 2.45) is 11.8 Å². The molecule has 27 heavy (non-hydrogen) atoms. The average Bonchev–Trinajstić information content (AvgIpc) is 2.87. The number of hydrogen-bond donors (Lipinski definition) is 2. The van der Waals surface area contributed by atoms with Gasteiger partial charge in [0.05, 0.1) is 24.6 Å². The average molecular weight is 371 g/mol. The van der Waals surface area contributed by atoms with Crippen LogP contribution in [0, 0.1) is 11.8 Å². The fraction of sp³-hybridized carbons (Fsp3) is 0.368. The summed E-state index contributed by atoms with van der Waals surface area (Å²) in [6.07, 6.45) is 4.85. The van der Waals surface area contributed by atoms with Gasteiger partial charge in [-0.15, -0.1) is 0 Å². The Balaban J connectivity index is 1.71. The van der Waals surface area contributed by atoms with Gasteiger partial charge in [-0.05, 0) is 31.0 Å². The van der Waals surface area contributed by atoms with Gasteiger partial charge in [-0.1, -0.05) is 12.2 Å². The Labute approximate surface area is 156 Å². The highest BCUT2D eigenvalue weighted by Crippen LogP contribution is 2.35. The van der Waals surface area contributed by atoms with Crippen LogP contribution in [0.4, 0.5) is 11.4 Å². The number of imide groups is 1. The molecule has 0 spiro atoms. The Morgan fingerprint density at radius 1 is 1.11 bits per heavy atom. The first-order valence-electron chi connectivity index (χ1n) is 8.66. The van der Waals surface area contributed by atoms with Gasteiger partial charge in [0.25, 0.3) is 0 Å². The van der Waals surface area contributed by atoms with Crippen molar-refractivity contribution in [1.29, 1.82) is 0 Å². The fourth-order valence-corrected chi connectivity index (χ4v) is 3.44. The standard InChI is InChI=1S/C19H21N3O5/c1-11(23)20-12-7-8-16(27-2)15(9-12)21-17(24)10-22-18(25)13-5-3-4-6-14(13)19(22)26/h3-4,7-9,13-14H,5-6,10H2,1-2H3,(H,20,23)(H,21,24)/t13-,14-/m0/s1. The molecule has 0 saturated carbocycles. The van der Waals surface area contributed by atoms with Gasteiger partial charge in [0.2, 0.25) is 23.6 Å². The summed E-state index contributed by atoms with van der Waals surface area (Å²) in [6.45, 7) is 1.03. The Hall–Kier alpha value is -3.16. The van der Waals surface area contributed by atoms with Crippen LogP contribution in [0.25, 0.3) is 0 Å². The molecule has 1 aromatic rings. The zero-order valence-corrected chi connectivity index (χ0v) is 15.2. The molecule has 0 bridgehead atoms. The zero-order valence-electron chi connectivity index (χ0n) is 15.2. The van der Waals surface area contributed by atoms with Crippen molar-refractivity contribution in [3.8, 4) is 5.75 Å². The monoisotopic (exact) mass is 371 g/mol. The highest BCUT2D eigenvalue weighted by Gasteiger charge is 2.47. The van der Waals surface area contributed by atoms with E-state index in [1.807, 2.05) is 12.2 Å². The van der Waals surface area contributed by atoms with Gasteiger partial charge in [0.15, 0.2) is 0 Å². The number of allylic oxidation sites excluding steroid dienone is 2. The summed E-state index contributed by atoms with van der Waals surface area (Å²) >= 11 is 0. The lowest BCUT2D eigenvalue weighted by Crippen LogP contribution is -2.38. The van der Waals surface area contributed by atoms with Crippen molar-refractivity contribution in [3.05, 3.63) is 30.4 Å². The predicted molar refractivity (Wildman–Crippen MR) is 98.0 cm³/mol. The quantitative estimate of drug-likeness (QED) is 0.603. The molecule has 1 aliphatic carbocycles. The predicted octanol–water partition coefficient (Wildman–Crippen LogP) is 1.54. The van der Waals surface area contributed by atoms with Crippen molar-refractivity contribution in [2.45, 2.75) is 19.8 Å². The number of anilines is 2. The van der Waals surface area contributed by atoms with Crippen LogP contribution < -0.4 is 15.4 Å². The van der Waals surface area contributed by atoms with Crippen LogP contribution in [-0.2, 0) is 19.2 Å². The molecule has 1 saturated heterocycles. The van der Waals surface area contributed by atoms with Gasteiger partial charge in [0, 0.05) is 12.6 Å². The van der Waals surface area contributed by atoms with Crippen LogP contribution in [0.2, 0.25) is 0 Å². The van der Waals surface area contributed by atoms with Gasteiger partial charge >= 0.3 is 0 Å². The second-order valence-corrected chi connectivity index (χ2v) is 6.56. The molecule has 142 valence electrons. The Morgan fingerprint density at radius 3 is 2.30 bits per heavy atom. The third-order valence-corrected chi connectivity index (χ3v) is 4.69. The Kier molecular flexibility index (Phi) is 5.25. The maximum Gasteiger partial charge on any atom is 0.244 e. The van der Waals surface area contributed by atoms with E-state index in [2.05, 4.69) is 10.6 Å². The first-order valence-corrected chi connectivity index (χ1v) is 8.66. The Morgan fingerprint density at radius 2 is 1.74 bits per heavy atom. The number of likely N-dealkylation sites (tertiary alicyclic amines) is 1. The maximum atomic E-state index is 12.5. The van der Waals surface area contributed by atoms with Crippen LogP contribution in [-0.4, -0.2) is 42.2 Å². The van der Waals surface area contributed by atoms with Crippen molar-refractivity contribution in [3.63, 3.8) is 0 Å². The van der Waals surface area contributed by atoms with Crippen LogP contribution >= 0.6 is 0 Å². The molecule has 3 rings (SSSR count). The first kappa shape index (κ1) is 18.6. The van der Waals surface area contributed by atoms with Gasteiger partial charge in [-0.2, -0.15) is 0 Å². The van der Waals surface area contributed by atoms with Gasteiger partial charge in [-0.25, -0.2) is 0 Å². The number of nitrogens with one attached hydrogen (secondary N) is 2. The first-order chi connectivity index (χ1) is 12.9. The minimum absolute atomic E-state index is 0.248. The third kappa shape index (κ3) is 3.84. The molecule has 0 unspecified atom stereocenters. The number of nitrogens with zero attached hydrogens (tertiary/aromatic N) is 1. The van der Waals surface area contributed by atoms with Crippen molar-refractivity contribution in [1.82, 2.24) is 4.90 Å². The molecule has 8 nitrogen and oxygen atoms in total. The van der Waals surface area contributed by atoms with E-state index in [9.17, 15) is 19.2 Å². The molecule has 1 aliphatic heterocycles. The lowest BCUT2D eigenvalue weighted by molar-refractivity contribution is -0.142. The highest BCUT2D eigenvalue weighted by molar-refractivity contribution is 6.09. The number of fused-ring (bicyclic) bond motifs is 1. The van der Waals surface area contributed by atoms with E-state index in [4.69, 9.17) is 4.74 Å². The van der Waals surface area contributed by atoms with E-state index in [1.54, 1.807) is 18.2 Å². The van der Waals surface area contributed by atoms with Crippen LogP contribution in [0.5, 0.6) is 5.75 Å². The maximum absolute atomic E-state index is 12.5. The normalized spacial score (nSPS) is 21.0. The fourth-order valence-electron chi connectivity index (χ4n) is 3.44. The van der Waals surface area contributed by atoms with Crippen LogP contribution in [0.1, 0.15) is 19.8 Å². The lowest BCUT2D eigenvalue weighted by Gasteiger charge is -2.16. The summed E-state index contributed by atoms with van der Waals surface area (Å²) in [5.41, 5.74) is 0.830. The van der Waals surface area contributed by atoms with E-state index in [0.29, 0.717) is 30.0 Å². The number of rotatable bonds is 5. The number of hydrogen-bond acceptors (Lipinski definition) is 5. The van der Waals surface area contributed by atoms with E-state index in [1.165, 1.54) is 14.0 Å². The van der Waals surface area contributed by atoms with Crippen molar-refractivity contribution in [2.75, 3.05) is 24.3 Å². The van der Waals surface area contributed by atoms with Crippen LogP contribution in [0.15, 0.2) is 30.4 Å². The number of methoxy groups -OCH3 is 1. The van der Waals surface area contributed by atoms with Crippen molar-refractivity contribution < 1.29 is 23.9 Å². The molecule has 2 N–H and O–H groups in total. The smallest absolute Gasteiger partial charge is 0.244 e. The molecule has 0 aromatic heterocycles. The number of carbonyl (C=O) groups is 4. The molecule has 1 fully saturated rings. The second-order valence-electron chi connectivity index (χ2n) is 6.56. The zero-order chi connectivity index (χ0) is 19.6. The molecule has 1 heterocycles. The lowest BCUT2D eigenvalue weighted by atomic mass is 9.85. The largest absolute Gasteiger partial charge is 0.495 e. The van der Waals surface area contributed by atoms with Crippen molar-refractivity contribution >= 4 is 35.0 Å². The number of benzene rings is 1. The summed E-state index contributed by atoms with van der Waals surface area (Å²) in [5.74, 6) is -1.70. The van der Waals surface area contributed by atoms with E-state index in [-0.39, 0.29) is 36.1 Å². The molecular formula is C19H21N3O5. The Bertz CT molecular complexity index is 807.